The first-order valence-electron chi connectivity index (χ1n) is 6.85. The molecule has 0 saturated heterocycles. The van der Waals surface area contributed by atoms with Gasteiger partial charge in [-0.15, -0.1) is 0 Å². The van der Waals surface area contributed by atoms with E-state index >= 15 is 0 Å². The Kier molecular flexibility index (Phi) is 3.16. The molecule has 0 aromatic carbocycles. The molecule has 0 unspecified atom stereocenters. The molecule has 1 aromatic rings. The summed E-state index contributed by atoms with van der Waals surface area (Å²) in [6.45, 7) is 1.70. The highest BCUT2D eigenvalue weighted by Crippen LogP contribution is 2.63. The quantitative estimate of drug-likeness (QED) is 0.780. The molecule has 0 atom stereocenters. The average Bonchev–Trinajstić information content (AvgIpc) is 3.11. The second-order valence-corrected chi connectivity index (χ2v) is 7.63. The van der Waals surface area contributed by atoms with E-state index in [0.29, 0.717) is 17.0 Å². The Balaban J connectivity index is 1.63. The SMILES string of the molecule is COc1ccc(OS(=O)(=O)CC2CC3(CC3)C2)c(C)n1. The molecule has 0 amide bonds. The summed E-state index contributed by atoms with van der Waals surface area (Å²) >= 11 is 0. The molecule has 20 heavy (non-hydrogen) atoms. The Hall–Kier alpha value is -1.30. The number of ether oxygens (including phenoxy) is 1. The number of methoxy groups -OCH3 is 1. The maximum atomic E-state index is 12.1. The van der Waals surface area contributed by atoms with Crippen molar-refractivity contribution in [3.63, 3.8) is 0 Å². The van der Waals surface area contributed by atoms with Crippen LogP contribution < -0.4 is 8.92 Å². The van der Waals surface area contributed by atoms with E-state index < -0.39 is 10.1 Å². The van der Waals surface area contributed by atoms with Gasteiger partial charge in [-0.2, -0.15) is 8.42 Å². The van der Waals surface area contributed by atoms with E-state index in [2.05, 4.69) is 4.98 Å². The Morgan fingerprint density at radius 1 is 1.35 bits per heavy atom. The van der Waals surface area contributed by atoms with Crippen LogP contribution >= 0.6 is 0 Å². The highest BCUT2D eigenvalue weighted by atomic mass is 32.2. The van der Waals surface area contributed by atoms with Gasteiger partial charge in [0.25, 0.3) is 0 Å². The lowest BCUT2D eigenvalue weighted by Gasteiger charge is -2.35. The van der Waals surface area contributed by atoms with Gasteiger partial charge in [0.2, 0.25) is 5.88 Å². The molecule has 110 valence electrons. The number of hydrogen-bond acceptors (Lipinski definition) is 5. The molecule has 1 aromatic heterocycles. The summed E-state index contributed by atoms with van der Waals surface area (Å²) in [5, 5.41) is 0. The third kappa shape index (κ3) is 2.75. The van der Waals surface area contributed by atoms with Crippen LogP contribution in [0.1, 0.15) is 31.4 Å². The van der Waals surface area contributed by atoms with E-state index in [4.69, 9.17) is 8.92 Å². The summed E-state index contributed by atoms with van der Waals surface area (Å²) < 4.78 is 34.3. The number of aromatic nitrogens is 1. The van der Waals surface area contributed by atoms with Crippen LogP contribution in [0.25, 0.3) is 0 Å². The van der Waals surface area contributed by atoms with Gasteiger partial charge in [0, 0.05) is 6.07 Å². The van der Waals surface area contributed by atoms with Gasteiger partial charge in [0.15, 0.2) is 5.75 Å². The van der Waals surface area contributed by atoms with Crippen molar-refractivity contribution in [2.45, 2.75) is 32.6 Å². The molecule has 2 aliphatic carbocycles. The van der Waals surface area contributed by atoms with E-state index in [1.54, 1.807) is 19.1 Å². The molecule has 2 saturated carbocycles. The van der Waals surface area contributed by atoms with Gasteiger partial charge in [-0.1, -0.05) is 0 Å². The van der Waals surface area contributed by atoms with Crippen LogP contribution in [0.15, 0.2) is 12.1 Å². The summed E-state index contributed by atoms with van der Waals surface area (Å²) in [7, 11) is -2.02. The van der Waals surface area contributed by atoms with Crippen LogP contribution in [0.4, 0.5) is 0 Å². The highest BCUT2D eigenvalue weighted by Gasteiger charge is 2.53. The van der Waals surface area contributed by atoms with Crippen molar-refractivity contribution in [2.75, 3.05) is 12.9 Å². The summed E-state index contributed by atoms with van der Waals surface area (Å²) in [4.78, 5) is 4.11. The van der Waals surface area contributed by atoms with E-state index in [1.807, 2.05) is 0 Å². The summed E-state index contributed by atoms with van der Waals surface area (Å²) in [6, 6.07) is 3.18. The van der Waals surface area contributed by atoms with Crippen molar-refractivity contribution in [1.82, 2.24) is 4.98 Å². The fourth-order valence-corrected chi connectivity index (χ4v) is 4.39. The minimum atomic E-state index is -3.54. The first-order valence-corrected chi connectivity index (χ1v) is 8.43. The number of aryl methyl sites for hydroxylation is 1. The second-order valence-electron chi connectivity index (χ2n) is 6.02. The van der Waals surface area contributed by atoms with Crippen molar-refractivity contribution in [3.05, 3.63) is 17.8 Å². The number of hydrogen-bond donors (Lipinski definition) is 0. The molecule has 3 rings (SSSR count). The van der Waals surface area contributed by atoms with Gasteiger partial charge in [0.1, 0.15) is 0 Å². The van der Waals surface area contributed by atoms with Crippen molar-refractivity contribution in [3.8, 4) is 11.6 Å². The number of rotatable bonds is 5. The van der Waals surface area contributed by atoms with Crippen molar-refractivity contribution < 1.29 is 17.3 Å². The van der Waals surface area contributed by atoms with Crippen molar-refractivity contribution in [1.29, 1.82) is 0 Å². The summed E-state index contributed by atoms with van der Waals surface area (Å²) in [5.74, 6) is 1.10. The predicted molar refractivity (Wildman–Crippen MR) is 74.3 cm³/mol. The Morgan fingerprint density at radius 3 is 2.60 bits per heavy atom. The van der Waals surface area contributed by atoms with E-state index in [9.17, 15) is 8.42 Å². The van der Waals surface area contributed by atoms with Crippen molar-refractivity contribution in [2.24, 2.45) is 11.3 Å². The summed E-state index contributed by atoms with van der Waals surface area (Å²) in [6.07, 6.45) is 4.61. The molecule has 0 N–H and O–H groups in total. The zero-order valence-corrected chi connectivity index (χ0v) is 12.6. The van der Waals surface area contributed by atoms with Crippen LogP contribution in [-0.2, 0) is 10.1 Å². The topological polar surface area (TPSA) is 65.5 Å². The lowest BCUT2D eigenvalue weighted by molar-refractivity contribution is 0.187. The van der Waals surface area contributed by atoms with Gasteiger partial charge in [-0.05, 0) is 50.0 Å². The van der Waals surface area contributed by atoms with Crippen LogP contribution in [0, 0.1) is 18.3 Å². The third-order valence-electron chi connectivity index (χ3n) is 4.28. The molecule has 1 spiro atoms. The van der Waals surface area contributed by atoms with Gasteiger partial charge in [-0.3, -0.25) is 0 Å². The lowest BCUT2D eigenvalue weighted by atomic mass is 9.73. The maximum absolute atomic E-state index is 12.1. The van der Waals surface area contributed by atoms with Crippen molar-refractivity contribution >= 4 is 10.1 Å². The zero-order chi connectivity index (χ0) is 14.4. The minimum absolute atomic E-state index is 0.111. The fourth-order valence-electron chi connectivity index (χ4n) is 3.05. The molecule has 2 fully saturated rings. The van der Waals surface area contributed by atoms with E-state index in [0.717, 1.165) is 12.8 Å². The molecule has 2 aliphatic rings. The standard InChI is InChI=1S/C14H19NO4S/c1-10-12(3-4-13(15-10)18-2)19-20(16,17)9-11-7-14(8-11)5-6-14/h3-4,11H,5-9H2,1-2H3. The average molecular weight is 297 g/mol. The third-order valence-corrected chi connectivity index (χ3v) is 5.59. The molecule has 0 radical (unpaired) electrons. The molecule has 5 nitrogen and oxygen atoms in total. The number of nitrogens with zero attached hydrogens (tertiary/aromatic N) is 1. The molecule has 6 heteroatoms. The predicted octanol–water partition coefficient (Wildman–Crippen LogP) is 2.30. The molecular formula is C14H19NO4S. The smallest absolute Gasteiger partial charge is 0.309 e. The molecule has 1 heterocycles. The Morgan fingerprint density at radius 2 is 2.05 bits per heavy atom. The van der Waals surface area contributed by atoms with Crippen LogP contribution in [0.3, 0.4) is 0 Å². The maximum Gasteiger partial charge on any atom is 0.309 e. The zero-order valence-electron chi connectivity index (χ0n) is 11.8. The van der Waals surface area contributed by atoms with Crippen LogP contribution in [0.5, 0.6) is 11.6 Å². The number of pyridine rings is 1. The molecular weight excluding hydrogens is 278 g/mol. The highest BCUT2D eigenvalue weighted by molar-refractivity contribution is 7.87. The Labute approximate surface area is 119 Å². The van der Waals surface area contributed by atoms with Gasteiger partial charge >= 0.3 is 10.1 Å². The van der Waals surface area contributed by atoms with Gasteiger partial charge in [0.05, 0.1) is 18.6 Å². The molecule has 0 aliphatic heterocycles. The first kappa shape index (κ1) is 13.7. The van der Waals surface area contributed by atoms with Crippen LogP contribution in [0.2, 0.25) is 0 Å². The largest absolute Gasteiger partial charge is 0.481 e. The first-order chi connectivity index (χ1) is 9.41. The monoisotopic (exact) mass is 297 g/mol. The normalized spacial score (nSPS) is 20.5. The lowest BCUT2D eigenvalue weighted by Crippen LogP contribution is -2.32. The fraction of sp³-hybridized carbons (Fsp3) is 0.643. The minimum Gasteiger partial charge on any atom is -0.481 e. The van der Waals surface area contributed by atoms with Gasteiger partial charge < -0.3 is 8.92 Å². The summed E-state index contributed by atoms with van der Waals surface area (Å²) in [5.41, 5.74) is 1.03. The van der Waals surface area contributed by atoms with Gasteiger partial charge in [-0.25, -0.2) is 4.98 Å². The van der Waals surface area contributed by atoms with E-state index in [1.165, 1.54) is 20.0 Å². The Bertz CT molecular complexity index is 614. The molecule has 0 bridgehead atoms. The van der Waals surface area contributed by atoms with E-state index in [-0.39, 0.29) is 17.4 Å². The van der Waals surface area contributed by atoms with Crippen LogP contribution in [-0.4, -0.2) is 26.3 Å². The second kappa shape index (κ2) is 4.62.